The molecule has 0 amide bonds. The smallest absolute Gasteiger partial charge is 0.147 e. The van der Waals surface area contributed by atoms with Crippen LogP contribution in [0.25, 0.3) is 11.1 Å². The summed E-state index contributed by atoms with van der Waals surface area (Å²) < 4.78 is 6.00. The largest absolute Gasteiger partial charge is 0.147 e. The van der Waals surface area contributed by atoms with E-state index in [0.717, 1.165) is 12.8 Å². The van der Waals surface area contributed by atoms with E-state index in [2.05, 4.69) is 102 Å². The molecule has 0 bridgehead atoms. The quantitative estimate of drug-likeness (QED) is 0.269. The van der Waals surface area contributed by atoms with Crippen molar-refractivity contribution in [1.29, 1.82) is 0 Å². The Hall–Kier alpha value is -1.70. The Morgan fingerprint density at radius 3 is 2.32 bits per heavy atom. The van der Waals surface area contributed by atoms with Crippen molar-refractivity contribution < 1.29 is 16.1 Å². The fraction of sp³-hybridized carbons (Fsp3) is 0.179. The van der Waals surface area contributed by atoms with Crippen LogP contribution in [0.3, 0.4) is 0 Å². The van der Waals surface area contributed by atoms with E-state index >= 15 is 0 Å². The van der Waals surface area contributed by atoms with Crippen LogP contribution in [0, 0.1) is 13.8 Å². The summed E-state index contributed by atoms with van der Waals surface area (Å²) in [6, 6.07) is 22.7. The minimum atomic E-state index is -2.67. The second-order valence-corrected chi connectivity index (χ2v) is 14.7. The molecule has 5 rings (SSSR count). The van der Waals surface area contributed by atoms with Crippen molar-refractivity contribution in [3.05, 3.63) is 111 Å². The molecule has 31 heavy (non-hydrogen) atoms. The number of halogens is 2. The zero-order chi connectivity index (χ0) is 20.0. The summed E-state index contributed by atoms with van der Waals surface area (Å²) in [5, 5.41) is 2.60. The van der Waals surface area contributed by atoms with E-state index in [9.17, 15) is 0 Å². The fourth-order valence-electron chi connectivity index (χ4n) is 5.29. The van der Waals surface area contributed by atoms with Gasteiger partial charge in [0, 0.05) is 0 Å². The van der Waals surface area contributed by atoms with Crippen molar-refractivity contribution in [3.63, 3.8) is 0 Å². The van der Waals surface area contributed by atoms with Gasteiger partial charge in [-0.1, -0.05) is 0 Å². The first-order chi connectivity index (χ1) is 14.1. The van der Waals surface area contributed by atoms with E-state index < -0.39 is 16.1 Å². The summed E-state index contributed by atoms with van der Waals surface area (Å²) in [7, 11) is 0. The van der Waals surface area contributed by atoms with Gasteiger partial charge in [-0.2, -0.15) is 0 Å². The van der Waals surface area contributed by atoms with Crippen molar-refractivity contribution in [2.45, 2.75) is 31.9 Å². The third-order valence-corrected chi connectivity index (χ3v) is 13.4. The van der Waals surface area contributed by atoms with Crippen molar-refractivity contribution in [3.8, 4) is 11.1 Å². The Kier molecular flexibility index (Phi) is 7.29. The van der Waals surface area contributed by atoms with Crippen molar-refractivity contribution >= 4 is 33.0 Å². The first-order valence-corrected chi connectivity index (χ1v) is 14.6. The first kappa shape index (κ1) is 24.0. The summed E-state index contributed by atoms with van der Waals surface area (Å²) >= 11 is -2.67. The normalized spacial score (nSPS) is 15.1. The molecular formula is C28H29Cl2Ti. The second kappa shape index (κ2) is 9.43. The Morgan fingerprint density at radius 1 is 0.871 bits per heavy atom. The maximum atomic E-state index is 2.66. The van der Waals surface area contributed by atoms with Crippen LogP contribution in [0.5, 0.6) is 0 Å². The van der Waals surface area contributed by atoms with Gasteiger partial charge in [0.2, 0.25) is 0 Å². The van der Waals surface area contributed by atoms with E-state index in [-0.39, 0.29) is 24.8 Å². The summed E-state index contributed by atoms with van der Waals surface area (Å²) in [6.45, 7) is 4.53. The van der Waals surface area contributed by atoms with Gasteiger partial charge in [0.1, 0.15) is 0 Å². The molecule has 0 saturated carbocycles. The first-order valence-electron chi connectivity index (χ1n) is 10.6. The number of allylic oxidation sites excluding steroid dienone is 4. The van der Waals surface area contributed by atoms with Crippen LogP contribution >= 0.6 is 24.8 Å². The topological polar surface area (TPSA) is 0 Å². The Labute approximate surface area is 201 Å². The SMILES string of the molecule is Cc1ccc2c(c1)Cc1c-2ccc(C)[c]1[Ti]([CH3])(=[CH]c1ccccc1)[C]1=CC=CC1.Cl.Cl. The van der Waals surface area contributed by atoms with Crippen molar-refractivity contribution in [1.82, 2.24) is 0 Å². The maximum absolute atomic E-state index is 2.67. The van der Waals surface area contributed by atoms with E-state index in [1.165, 1.54) is 33.4 Å². The molecule has 159 valence electrons. The second-order valence-electron chi connectivity index (χ2n) is 8.70. The van der Waals surface area contributed by atoms with Crippen LogP contribution in [0.1, 0.15) is 34.2 Å². The van der Waals surface area contributed by atoms with Gasteiger partial charge in [0.15, 0.2) is 0 Å². The molecular weight excluding hydrogens is 455 g/mol. The molecule has 1 atom stereocenters. The fourth-order valence-corrected chi connectivity index (χ4v) is 11.9. The number of hydrogen-bond donors (Lipinski definition) is 0. The number of fused-ring (bicyclic) bond motifs is 3. The number of rotatable bonds is 3. The molecule has 3 heteroatoms. The number of hydrogen-bond acceptors (Lipinski definition) is 0. The molecule has 2 aliphatic rings. The van der Waals surface area contributed by atoms with Gasteiger partial charge in [0.25, 0.3) is 0 Å². The van der Waals surface area contributed by atoms with Crippen LogP contribution in [0.2, 0.25) is 5.23 Å². The standard InChI is InChI=1S/C15H13.C7H6.C5H5.CH3.2ClH.Ti/c1-10-3-5-14-12(7-10)9-13-8-11(2)4-6-15(13)14;1-7-5-3-2-4-6-7;1-2-4-5-3-1;;;;/h3-7H,9H2,1-2H3;1-6H;1-3H,4H2;1H3;2*1H;. The minimum absolute atomic E-state index is 0. The van der Waals surface area contributed by atoms with Crippen LogP contribution in [-0.2, 0) is 22.5 Å². The monoisotopic (exact) mass is 483 g/mol. The molecule has 0 heterocycles. The molecule has 3 aromatic rings. The van der Waals surface area contributed by atoms with Crippen LogP contribution in [0.4, 0.5) is 0 Å². The summed E-state index contributed by atoms with van der Waals surface area (Å²) in [6.07, 6.45) is 9.18. The number of benzene rings is 3. The molecule has 0 aliphatic heterocycles. The van der Waals surface area contributed by atoms with E-state index in [1.807, 2.05) is 0 Å². The predicted octanol–water partition coefficient (Wildman–Crippen LogP) is 7.24. The summed E-state index contributed by atoms with van der Waals surface area (Å²) in [4.78, 5) is 0. The van der Waals surface area contributed by atoms with Gasteiger partial charge in [-0.3, -0.25) is 0 Å². The van der Waals surface area contributed by atoms with Gasteiger partial charge < -0.3 is 0 Å². The average molecular weight is 484 g/mol. The molecule has 0 fully saturated rings. The molecule has 2 aliphatic carbocycles. The molecule has 0 spiro atoms. The van der Waals surface area contributed by atoms with Gasteiger partial charge >= 0.3 is 178 Å². The molecule has 3 aromatic carbocycles. The third-order valence-electron chi connectivity index (χ3n) is 6.65. The van der Waals surface area contributed by atoms with Crippen molar-refractivity contribution in [2.24, 2.45) is 0 Å². The van der Waals surface area contributed by atoms with Crippen LogP contribution in [0.15, 0.2) is 82.8 Å². The van der Waals surface area contributed by atoms with Gasteiger partial charge in [-0.25, -0.2) is 0 Å². The van der Waals surface area contributed by atoms with E-state index in [4.69, 9.17) is 0 Å². The van der Waals surface area contributed by atoms with Gasteiger partial charge in [-0.15, -0.1) is 24.8 Å². The Morgan fingerprint density at radius 2 is 1.61 bits per heavy atom. The molecule has 0 aromatic heterocycles. The predicted molar refractivity (Wildman–Crippen MR) is 138 cm³/mol. The van der Waals surface area contributed by atoms with Gasteiger partial charge in [0.05, 0.1) is 0 Å². The van der Waals surface area contributed by atoms with Crippen molar-refractivity contribution in [2.75, 3.05) is 0 Å². The zero-order valence-corrected chi connectivity index (χ0v) is 21.5. The summed E-state index contributed by atoms with van der Waals surface area (Å²) in [5.74, 6) is 0. The molecule has 0 saturated heterocycles. The van der Waals surface area contributed by atoms with Crippen LogP contribution in [-0.4, -0.2) is 4.31 Å². The Balaban J connectivity index is 0.00000136. The van der Waals surface area contributed by atoms with E-state index in [1.54, 1.807) is 13.3 Å². The molecule has 0 nitrogen and oxygen atoms in total. The average Bonchev–Trinajstić information content (AvgIpc) is 3.36. The zero-order valence-electron chi connectivity index (χ0n) is 18.3. The molecule has 0 radical (unpaired) electrons. The molecule has 0 N–H and O–H groups in total. The summed E-state index contributed by atoms with van der Waals surface area (Å²) in [5.41, 5.74) is 10.2. The van der Waals surface area contributed by atoms with E-state index in [0.29, 0.717) is 0 Å². The minimum Gasteiger partial charge on any atom is -0.147 e. The van der Waals surface area contributed by atoms with Crippen LogP contribution < -0.4 is 3.87 Å². The molecule has 1 unspecified atom stereocenters. The number of aryl methyl sites for hydroxylation is 2. The maximum Gasteiger partial charge on any atom is -0.147 e. The third kappa shape index (κ3) is 4.20. The van der Waals surface area contributed by atoms with Gasteiger partial charge in [-0.05, 0) is 0 Å². The Bertz CT molecular complexity index is 1230.